The van der Waals surface area contributed by atoms with Gasteiger partial charge in [-0.1, -0.05) is 6.07 Å². The maximum Gasteiger partial charge on any atom is 0.273 e. The van der Waals surface area contributed by atoms with Crippen LogP contribution in [0.25, 0.3) is 16.9 Å². The molecule has 1 saturated heterocycles. The molecule has 2 aromatic heterocycles. The number of piperidine rings is 1. The Kier molecular flexibility index (Phi) is 8.48. The first-order valence-corrected chi connectivity index (χ1v) is 14.8. The third-order valence-electron chi connectivity index (χ3n) is 7.83. The average molecular weight is 637 g/mol. The first kappa shape index (κ1) is 30.7. The third kappa shape index (κ3) is 6.16. The van der Waals surface area contributed by atoms with Gasteiger partial charge in [0.25, 0.3) is 17.4 Å². The Labute approximate surface area is 266 Å². The Morgan fingerprint density at radius 3 is 2.64 bits per heavy atom. The van der Waals surface area contributed by atoms with Crippen molar-refractivity contribution in [3.8, 4) is 23.1 Å². The first-order chi connectivity index (χ1) is 22.7. The average Bonchev–Trinajstić information content (AvgIpc) is 3.60. The van der Waals surface area contributed by atoms with Gasteiger partial charge in [0.15, 0.2) is 5.65 Å². The number of carbonyl (C=O) groups is 5. The zero-order chi connectivity index (χ0) is 33.1. The normalized spacial score (nSPS) is 15.7. The second kappa shape index (κ2) is 13.0. The van der Waals surface area contributed by atoms with Crippen LogP contribution in [0.4, 0.5) is 5.69 Å². The molecule has 2 aliphatic rings. The van der Waals surface area contributed by atoms with E-state index in [0.717, 1.165) is 4.90 Å². The van der Waals surface area contributed by atoms with E-state index >= 15 is 0 Å². The molecule has 0 radical (unpaired) electrons. The van der Waals surface area contributed by atoms with Crippen LogP contribution in [0.15, 0.2) is 59.5 Å². The number of nitriles is 1. The molecule has 1 fully saturated rings. The van der Waals surface area contributed by atoms with E-state index in [0.29, 0.717) is 35.7 Å². The van der Waals surface area contributed by atoms with E-state index < -0.39 is 29.7 Å². The van der Waals surface area contributed by atoms with Gasteiger partial charge in [0.1, 0.15) is 30.0 Å². The number of aromatic amines is 1. The van der Waals surface area contributed by atoms with Gasteiger partial charge in [0, 0.05) is 42.9 Å². The number of carbonyl (C=O) groups excluding carboxylic acids is 5. The summed E-state index contributed by atoms with van der Waals surface area (Å²) in [6.07, 6.45) is 2.18. The molecule has 0 aliphatic carbocycles. The number of nitrogens with one attached hydrogen (secondary N) is 4. The lowest BCUT2D eigenvalue weighted by molar-refractivity contribution is -0.136. The highest BCUT2D eigenvalue weighted by Gasteiger charge is 2.45. The number of H-pyrrole nitrogens is 1. The summed E-state index contributed by atoms with van der Waals surface area (Å²) in [7, 11) is 0. The molecule has 1 unspecified atom stereocenters. The van der Waals surface area contributed by atoms with Crippen LogP contribution in [0.3, 0.4) is 0 Å². The van der Waals surface area contributed by atoms with Crippen LogP contribution in [-0.4, -0.2) is 74.8 Å². The molecule has 1 atom stereocenters. The molecule has 4 N–H and O–H groups in total. The molecule has 2 aromatic carbocycles. The Bertz CT molecular complexity index is 2030. The number of rotatable bonds is 11. The van der Waals surface area contributed by atoms with E-state index in [1.165, 1.54) is 22.8 Å². The van der Waals surface area contributed by atoms with Crippen molar-refractivity contribution < 1.29 is 28.7 Å². The van der Waals surface area contributed by atoms with Gasteiger partial charge in [0.05, 0.1) is 23.4 Å². The number of anilines is 1. The number of fused-ring (bicyclic) bond motifs is 2. The Morgan fingerprint density at radius 1 is 1.06 bits per heavy atom. The number of imide groups is 2. The van der Waals surface area contributed by atoms with Crippen LogP contribution in [0, 0.1) is 11.3 Å². The lowest BCUT2D eigenvalue weighted by Gasteiger charge is -2.27. The second-order valence-corrected chi connectivity index (χ2v) is 10.9. The number of benzene rings is 2. The second-order valence-electron chi connectivity index (χ2n) is 10.9. The fraction of sp³-hybridized carbons (Fsp3) is 0.250. The number of hydrogen-bond donors (Lipinski definition) is 4. The van der Waals surface area contributed by atoms with Gasteiger partial charge < -0.3 is 15.4 Å². The van der Waals surface area contributed by atoms with E-state index in [-0.39, 0.29) is 66.2 Å². The molecule has 4 aromatic rings. The Balaban J connectivity index is 0.940. The maximum absolute atomic E-state index is 13.2. The van der Waals surface area contributed by atoms with Gasteiger partial charge in [0.2, 0.25) is 17.7 Å². The zero-order valence-corrected chi connectivity index (χ0v) is 24.9. The third-order valence-corrected chi connectivity index (χ3v) is 7.83. The minimum Gasteiger partial charge on any atom is -0.492 e. The lowest BCUT2D eigenvalue weighted by atomic mass is 10.0. The summed E-state index contributed by atoms with van der Waals surface area (Å²) in [5.74, 6) is -1.92. The maximum atomic E-state index is 13.2. The monoisotopic (exact) mass is 636 g/mol. The summed E-state index contributed by atoms with van der Waals surface area (Å²) < 4.78 is 6.91. The minimum absolute atomic E-state index is 0.0392. The SMILES string of the molecule is N#Cc1c[nH]n2c(=O)cc(-c3ccc(OCCNC(=O)CCCNc4cccc5c4C(=O)N(C4CCC(=O)NC4=O)C5=O)cc3)nc12. The number of ether oxygens (including phenoxy) is 1. The van der Waals surface area contributed by atoms with Crippen LogP contribution >= 0.6 is 0 Å². The molecule has 0 saturated carbocycles. The fourth-order valence-corrected chi connectivity index (χ4v) is 5.52. The van der Waals surface area contributed by atoms with Crippen molar-refractivity contribution in [3.63, 3.8) is 0 Å². The first-order valence-electron chi connectivity index (χ1n) is 14.8. The fourth-order valence-electron chi connectivity index (χ4n) is 5.52. The van der Waals surface area contributed by atoms with Crippen molar-refractivity contribution in [3.05, 3.63) is 81.8 Å². The van der Waals surface area contributed by atoms with E-state index in [1.54, 1.807) is 36.4 Å². The smallest absolute Gasteiger partial charge is 0.273 e. The summed E-state index contributed by atoms with van der Waals surface area (Å²) >= 11 is 0. The van der Waals surface area contributed by atoms with E-state index in [4.69, 9.17) is 4.74 Å². The highest BCUT2D eigenvalue weighted by molar-refractivity contribution is 6.25. The number of hydrogen-bond acceptors (Lipinski definition) is 10. The van der Waals surface area contributed by atoms with Crippen molar-refractivity contribution in [2.75, 3.05) is 25.0 Å². The van der Waals surface area contributed by atoms with Crippen molar-refractivity contribution in [1.82, 2.24) is 30.1 Å². The van der Waals surface area contributed by atoms with Gasteiger partial charge in [-0.3, -0.25) is 44.1 Å². The van der Waals surface area contributed by atoms with Crippen LogP contribution < -0.4 is 26.2 Å². The van der Waals surface area contributed by atoms with Crippen LogP contribution in [-0.2, 0) is 14.4 Å². The number of amides is 5. The predicted octanol–water partition coefficient (Wildman–Crippen LogP) is 1.35. The predicted molar refractivity (Wildman–Crippen MR) is 165 cm³/mol. The van der Waals surface area contributed by atoms with Crippen molar-refractivity contribution >= 4 is 40.9 Å². The topological polar surface area (TPSA) is 208 Å². The zero-order valence-electron chi connectivity index (χ0n) is 24.9. The van der Waals surface area contributed by atoms with Gasteiger partial charge in [-0.15, -0.1) is 0 Å². The molecule has 15 nitrogen and oxygen atoms in total. The Morgan fingerprint density at radius 2 is 1.87 bits per heavy atom. The van der Waals surface area contributed by atoms with Crippen LogP contribution in [0.2, 0.25) is 0 Å². The van der Waals surface area contributed by atoms with Crippen molar-refractivity contribution in [2.24, 2.45) is 0 Å². The van der Waals surface area contributed by atoms with Gasteiger partial charge >= 0.3 is 0 Å². The molecule has 47 heavy (non-hydrogen) atoms. The standard InChI is InChI=1S/C32H28N8O7/c33-16-19-17-36-40-27(43)15-23(37-29(19)40)18-6-8-20(9-7-18)47-14-13-35-25(41)5-2-12-34-22-4-1-3-21-28(22)32(46)39(31(21)45)24-10-11-26(42)38-30(24)44/h1,3-4,6-9,15,17,24,34,36H,2,5,10-14H2,(H,35,41)(H,38,42,44). The van der Waals surface area contributed by atoms with E-state index in [9.17, 15) is 34.0 Å². The molecule has 15 heteroatoms. The molecular weight excluding hydrogens is 608 g/mol. The van der Waals surface area contributed by atoms with Gasteiger partial charge in [-0.05, 0) is 49.2 Å². The molecule has 238 valence electrons. The molecule has 4 heterocycles. The Hall–Kier alpha value is -6.30. The summed E-state index contributed by atoms with van der Waals surface area (Å²) in [6, 6.07) is 14.1. The molecule has 2 aliphatic heterocycles. The van der Waals surface area contributed by atoms with Crippen molar-refractivity contribution in [1.29, 1.82) is 5.26 Å². The van der Waals surface area contributed by atoms with Crippen LogP contribution in [0.5, 0.6) is 5.75 Å². The summed E-state index contributed by atoms with van der Waals surface area (Å²) in [5.41, 5.74) is 2.03. The van der Waals surface area contributed by atoms with Crippen LogP contribution in [0.1, 0.15) is 52.0 Å². The van der Waals surface area contributed by atoms with Gasteiger partial charge in [-0.2, -0.15) is 5.26 Å². The van der Waals surface area contributed by atoms with E-state index in [2.05, 4.69) is 26.0 Å². The summed E-state index contributed by atoms with van der Waals surface area (Å²) in [6.45, 7) is 0.842. The van der Waals surface area contributed by atoms with Crippen molar-refractivity contribution in [2.45, 2.75) is 31.7 Å². The largest absolute Gasteiger partial charge is 0.492 e. The quantitative estimate of drug-likeness (QED) is 0.137. The molecule has 5 amide bonds. The highest BCUT2D eigenvalue weighted by Crippen LogP contribution is 2.32. The summed E-state index contributed by atoms with van der Waals surface area (Å²) in [4.78, 5) is 80.0. The van der Waals surface area contributed by atoms with E-state index in [1.807, 2.05) is 6.07 Å². The summed E-state index contributed by atoms with van der Waals surface area (Å²) in [5, 5.41) is 20.0. The number of nitrogens with zero attached hydrogens (tertiary/aromatic N) is 4. The number of aromatic nitrogens is 3. The molecular formula is C32H28N8O7. The molecule has 0 spiro atoms. The van der Waals surface area contributed by atoms with Gasteiger partial charge in [-0.25, -0.2) is 9.50 Å². The molecule has 6 rings (SSSR count). The molecule has 0 bridgehead atoms. The minimum atomic E-state index is -1.05. The lowest BCUT2D eigenvalue weighted by Crippen LogP contribution is -2.54. The highest BCUT2D eigenvalue weighted by atomic mass is 16.5.